The van der Waals surface area contributed by atoms with Crippen LogP contribution in [0.2, 0.25) is 0 Å². The molecular formula is C14H22N2O. The van der Waals surface area contributed by atoms with Crippen molar-refractivity contribution < 1.29 is 4.74 Å². The number of aryl methyl sites for hydroxylation is 1. The third kappa shape index (κ3) is 2.91. The van der Waals surface area contributed by atoms with Crippen LogP contribution in [0.4, 0.5) is 5.69 Å². The van der Waals surface area contributed by atoms with Crippen molar-refractivity contribution >= 4 is 5.69 Å². The highest BCUT2D eigenvalue weighted by Crippen LogP contribution is 2.26. The first-order chi connectivity index (χ1) is 8.20. The minimum Gasteiger partial charge on any atom is -0.494 e. The van der Waals surface area contributed by atoms with E-state index < -0.39 is 0 Å². The third-order valence-electron chi connectivity index (χ3n) is 3.28. The van der Waals surface area contributed by atoms with Gasteiger partial charge in [-0.15, -0.1) is 0 Å². The van der Waals surface area contributed by atoms with Crippen molar-refractivity contribution in [1.82, 2.24) is 0 Å². The molecule has 17 heavy (non-hydrogen) atoms. The van der Waals surface area contributed by atoms with E-state index in [2.05, 4.69) is 30.0 Å². The molecule has 0 bridgehead atoms. The second-order valence-electron chi connectivity index (χ2n) is 4.73. The van der Waals surface area contributed by atoms with Gasteiger partial charge in [0.05, 0.1) is 6.61 Å². The van der Waals surface area contributed by atoms with Crippen LogP contribution in [0, 0.1) is 6.92 Å². The van der Waals surface area contributed by atoms with Crippen LogP contribution < -0.4 is 15.4 Å². The molecule has 0 saturated carbocycles. The van der Waals surface area contributed by atoms with Gasteiger partial charge < -0.3 is 15.4 Å². The molecule has 1 atom stereocenters. The number of nitrogens with two attached hydrogens (primary N) is 1. The largest absolute Gasteiger partial charge is 0.494 e. The highest BCUT2D eigenvalue weighted by Gasteiger charge is 2.17. The van der Waals surface area contributed by atoms with E-state index in [1.807, 2.05) is 6.92 Å². The topological polar surface area (TPSA) is 38.5 Å². The van der Waals surface area contributed by atoms with Crippen molar-refractivity contribution in [3.63, 3.8) is 0 Å². The van der Waals surface area contributed by atoms with E-state index >= 15 is 0 Å². The monoisotopic (exact) mass is 234 g/mol. The number of piperidine rings is 1. The summed E-state index contributed by atoms with van der Waals surface area (Å²) in [6.45, 7) is 6.90. The zero-order chi connectivity index (χ0) is 12.3. The van der Waals surface area contributed by atoms with E-state index in [9.17, 15) is 0 Å². The van der Waals surface area contributed by atoms with Crippen LogP contribution >= 0.6 is 0 Å². The highest BCUT2D eigenvalue weighted by atomic mass is 16.5. The lowest BCUT2D eigenvalue weighted by atomic mass is 10.1. The first-order valence-electron chi connectivity index (χ1n) is 6.44. The van der Waals surface area contributed by atoms with Crippen molar-refractivity contribution in [2.45, 2.75) is 32.7 Å². The molecule has 0 radical (unpaired) electrons. The van der Waals surface area contributed by atoms with Gasteiger partial charge in [0.2, 0.25) is 0 Å². The lowest BCUT2D eigenvalue weighted by molar-refractivity contribution is 0.338. The molecule has 1 aliphatic heterocycles. The van der Waals surface area contributed by atoms with Crippen LogP contribution in [-0.2, 0) is 0 Å². The Morgan fingerprint density at radius 2 is 2.29 bits per heavy atom. The van der Waals surface area contributed by atoms with E-state index in [1.54, 1.807) is 0 Å². The smallest absolute Gasteiger partial charge is 0.122 e. The molecule has 1 saturated heterocycles. The third-order valence-corrected chi connectivity index (χ3v) is 3.28. The van der Waals surface area contributed by atoms with E-state index in [0.717, 1.165) is 31.9 Å². The molecule has 2 N–H and O–H groups in total. The Labute approximate surface area is 104 Å². The van der Waals surface area contributed by atoms with Gasteiger partial charge in [0, 0.05) is 24.8 Å². The molecule has 1 fully saturated rings. The highest BCUT2D eigenvalue weighted by molar-refractivity contribution is 5.53. The fourth-order valence-corrected chi connectivity index (χ4v) is 2.39. The predicted octanol–water partition coefficient (Wildman–Crippen LogP) is 2.32. The molecule has 0 amide bonds. The number of anilines is 1. The average molecular weight is 234 g/mol. The summed E-state index contributed by atoms with van der Waals surface area (Å²) < 4.78 is 5.56. The Bertz CT molecular complexity index is 378. The van der Waals surface area contributed by atoms with Gasteiger partial charge in [0.1, 0.15) is 5.75 Å². The summed E-state index contributed by atoms with van der Waals surface area (Å²) in [5.74, 6) is 0.984. The summed E-state index contributed by atoms with van der Waals surface area (Å²) in [5, 5.41) is 0. The molecule has 3 heteroatoms. The minimum absolute atomic E-state index is 0.315. The zero-order valence-corrected chi connectivity index (χ0v) is 10.8. The maximum atomic E-state index is 6.01. The van der Waals surface area contributed by atoms with Crippen molar-refractivity contribution in [2.75, 3.05) is 24.6 Å². The van der Waals surface area contributed by atoms with Crippen LogP contribution in [0.15, 0.2) is 18.2 Å². The van der Waals surface area contributed by atoms with Crippen molar-refractivity contribution in [3.05, 3.63) is 23.8 Å². The number of nitrogens with zero attached hydrogens (tertiary/aromatic N) is 1. The summed E-state index contributed by atoms with van der Waals surface area (Å²) >= 11 is 0. The van der Waals surface area contributed by atoms with Crippen molar-refractivity contribution in [1.29, 1.82) is 0 Å². The van der Waals surface area contributed by atoms with Crippen LogP contribution in [0.25, 0.3) is 0 Å². The van der Waals surface area contributed by atoms with Gasteiger partial charge in [0.25, 0.3) is 0 Å². The number of rotatable bonds is 3. The lowest BCUT2D eigenvalue weighted by Gasteiger charge is -2.33. The fourth-order valence-electron chi connectivity index (χ4n) is 2.39. The normalized spacial score (nSPS) is 20.4. The van der Waals surface area contributed by atoms with Crippen molar-refractivity contribution in [2.24, 2.45) is 5.73 Å². The number of hydrogen-bond acceptors (Lipinski definition) is 3. The molecule has 0 spiro atoms. The zero-order valence-electron chi connectivity index (χ0n) is 10.8. The first-order valence-corrected chi connectivity index (χ1v) is 6.44. The molecule has 3 nitrogen and oxygen atoms in total. The van der Waals surface area contributed by atoms with Gasteiger partial charge in [0.15, 0.2) is 0 Å². The summed E-state index contributed by atoms with van der Waals surface area (Å²) in [7, 11) is 0. The average Bonchev–Trinajstić information content (AvgIpc) is 2.32. The van der Waals surface area contributed by atoms with Gasteiger partial charge in [-0.05, 0) is 50.5 Å². The Balaban J connectivity index is 2.13. The predicted molar refractivity (Wildman–Crippen MR) is 71.8 cm³/mol. The minimum atomic E-state index is 0.315. The molecule has 1 aromatic rings. The quantitative estimate of drug-likeness (QED) is 0.872. The standard InChI is InChI=1S/C14H22N2O/c1-3-17-14-7-6-13(9-11(14)2)16-8-4-5-12(15)10-16/h6-7,9,12H,3-5,8,10,15H2,1-2H3. The lowest BCUT2D eigenvalue weighted by Crippen LogP contribution is -2.42. The molecule has 1 aromatic carbocycles. The maximum absolute atomic E-state index is 6.01. The molecular weight excluding hydrogens is 212 g/mol. The van der Waals surface area contributed by atoms with Gasteiger partial charge in [-0.1, -0.05) is 0 Å². The summed E-state index contributed by atoms with van der Waals surface area (Å²) in [6, 6.07) is 6.71. The Morgan fingerprint density at radius 1 is 1.47 bits per heavy atom. The fraction of sp³-hybridized carbons (Fsp3) is 0.571. The van der Waals surface area contributed by atoms with Crippen LogP contribution in [-0.4, -0.2) is 25.7 Å². The van der Waals surface area contributed by atoms with Crippen LogP contribution in [0.1, 0.15) is 25.3 Å². The Kier molecular flexibility index (Phi) is 3.89. The summed E-state index contributed by atoms with van der Waals surface area (Å²) in [5.41, 5.74) is 8.47. The second-order valence-corrected chi connectivity index (χ2v) is 4.73. The number of hydrogen-bond donors (Lipinski definition) is 1. The molecule has 94 valence electrons. The van der Waals surface area contributed by atoms with E-state index in [4.69, 9.17) is 10.5 Å². The van der Waals surface area contributed by atoms with E-state index in [-0.39, 0.29) is 0 Å². The van der Waals surface area contributed by atoms with Crippen molar-refractivity contribution in [3.8, 4) is 5.75 Å². The summed E-state index contributed by atoms with van der Waals surface area (Å²) in [6.07, 6.45) is 2.33. The van der Waals surface area contributed by atoms with Crippen LogP contribution in [0.3, 0.4) is 0 Å². The molecule has 2 rings (SSSR count). The van der Waals surface area contributed by atoms with Gasteiger partial charge in [-0.25, -0.2) is 0 Å². The Hall–Kier alpha value is -1.22. The first kappa shape index (κ1) is 12.2. The second kappa shape index (κ2) is 5.41. The van der Waals surface area contributed by atoms with E-state index in [0.29, 0.717) is 6.04 Å². The molecule has 0 aliphatic carbocycles. The number of ether oxygens (including phenoxy) is 1. The van der Waals surface area contributed by atoms with Gasteiger partial charge in [-0.3, -0.25) is 0 Å². The Morgan fingerprint density at radius 3 is 2.94 bits per heavy atom. The molecule has 0 aromatic heterocycles. The number of benzene rings is 1. The van der Waals surface area contributed by atoms with Gasteiger partial charge >= 0.3 is 0 Å². The maximum Gasteiger partial charge on any atom is 0.122 e. The molecule has 1 unspecified atom stereocenters. The van der Waals surface area contributed by atoms with Gasteiger partial charge in [-0.2, -0.15) is 0 Å². The summed E-state index contributed by atoms with van der Waals surface area (Å²) in [4.78, 5) is 2.37. The van der Waals surface area contributed by atoms with Crippen LogP contribution in [0.5, 0.6) is 5.75 Å². The molecule has 1 heterocycles. The van der Waals surface area contributed by atoms with E-state index in [1.165, 1.54) is 17.7 Å². The SMILES string of the molecule is CCOc1ccc(N2CCCC(N)C2)cc1C. The molecule has 1 aliphatic rings.